The van der Waals surface area contributed by atoms with Gasteiger partial charge in [-0.25, -0.2) is 9.97 Å². The number of fused-ring (bicyclic) bond motifs is 1. The summed E-state index contributed by atoms with van der Waals surface area (Å²) in [6.45, 7) is 1.32. The van der Waals surface area contributed by atoms with Gasteiger partial charge in [-0.05, 0) is 31.5 Å². The monoisotopic (exact) mass is 358 g/mol. The molecule has 0 bridgehead atoms. The van der Waals surface area contributed by atoms with Crippen LogP contribution in [0.1, 0.15) is 39.4 Å². The van der Waals surface area contributed by atoms with Crippen LogP contribution in [0.25, 0.3) is 10.2 Å². The molecule has 3 aromatic rings. The van der Waals surface area contributed by atoms with Crippen LogP contribution in [0.3, 0.4) is 0 Å². The molecule has 5 nitrogen and oxygen atoms in total. The minimum atomic E-state index is 0.0104. The van der Waals surface area contributed by atoms with E-state index in [9.17, 15) is 4.79 Å². The standard InChI is InChI=1S/C17H18N4OS2/c18-8-7-15-19-12(10-23-15)17(22)21-9-3-5-13(21)16-20-11-4-1-2-6-14(11)24-16/h1-2,4,6,10,13H,3,5,7-9,18H2. The third-order valence-electron chi connectivity index (χ3n) is 4.24. The highest BCUT2D eigenvalue weighted by Crippen LogP contribution is 2.37. The number of benzene rings is 1. The lowest BCUT2D eigenvalue weighted by atomic mass is 10.2. The zero-order chi connectivity index (χ0) is 16.5. The number of nitrogens with two attached hydrogens (primary N) is 1. The van der Waals surface area contributed by atoms with Crippen LogP contribution < -0.4 is 5.73 Å². The molecule has 7 heteroatoms. The van der Waals surface area contributed by atoms with Crippen molar-refractivity contribution in [1.82, 2.24) is 14.9 Å². The normalized spacial score (nSPS) is 17.7. The number of hydrogen-bond acceptors (Lipinski definition) is 6. The van der Waals surface area contributed by atoms with E-state index in [0.717, 1.165) is 41.3 Å². The second-order valence-electron chi connectivity index (χ2n) is 5.84. The predicted molar refractivity (Wildman–Crippen MR) is 97.5 cm³/mol. The molecule has 1 aromatic carbocycles. The van der Waals surface area contributed by atoms with Crippen molar-refractivity contribution in [3.05, 3.63) is 45.4 Å². The number of rotatable bonds is 4. The molecule has 1 saturated heterocycles. The van der Waals surface area contributed by atoms with E-state index in [0.29, 0.717) is 12.2 Å². The molecular formula is C17H18N4OS2. The fraction of sp³-hybridized carbons (Fsp3) is 0.353. The molecule has 1 fully saturated rings. The summed E-state index contributed by atoms with van der Waals surface area (Å²) in [5.74, 6) is 0.0104. The molecule has 2 aromatic heterocycles. The number of likely N-dealkylation sites (tertiary alicyclic amines) is 1. The van der Waals surface area contributed by atoms with Crippen LogP contribution >= 0.6 is 22.7 Å². The molecular weight excluding hydrogens is 340 g/mol. The predicted octanol–water partition coefficient (Wildman–Crippen LogP) is 3.23. The summed E-state index contributed by atoms with van der Waals surface area (Å²) >= 11 is 3.20. The van der Waals surface area contributed by atoms with Gasteiger partial charge in [0.2, 0.25) is 0 Å². The van der Waals surface area contributed by atoms with Gasteiger partial charge in [-0.2, -0.15) is 0 Å². The van der Waals surface area contributed by atoms with Gasteiger partial charge < -0.3 is 10.6 Å². The van der Waals surface area contributed by atoms with Crippen molar-refractivity contribution in [2.24, 2.45) is 5.73 Å². The molecule has 3 heterocycles. The number of amides is 1. The molecule has 24 heavy (non-hydrogen) atoms. The lowest BCUT2D eigenvalue weighted by Gasteiger charge is -2.22. The van der Waals surface area contributed by atoms with Crippen LogP contribution in [-0.2, 0) is 6.42 Å². The Bertz CT molecular complexity index is 839. The summed E-state index contributed by atoms with van der Waals surface area (Å²) in [5, 5.41) is 3.80. The lowest BCUT2D eigenvalue weighted by Crippen LogP contribution is -2.30. The first-order valence-corrected chi connectivity index (χ1v) is 9.77. The SMILES string of the molecule is NCCc1nc(C(=O)N2CCCC2c2nc3ccccc3s2)cs1. The Hall–Kier alpha value is -1.83. The summed E-state index contributed by atoms with van der Waals surface area (Å²) in [7, 11) is 0. The van der Waals surface area contributed by atoms with E-state index in [1.165, 1.54) is 16.0 Å². The van der Waals surface area contributed by atoms with E-state index in [1.807, 2.05) is 28.5 Å². The van der Waals surface area contributed by atoms with Gasteiger partial charge in [0.1, 0.15) is 10.7 Å². The first-order valence-electron chi connectivity index (χ1n) is 8.07. The van der Waals surface area contributed by atoms with Crippen molar-refractivity contribution in [3.8, 4) is 0 Å². The molecule has 1 atom stereocenters. The van der Waals surface area contributed by atoms with E-state index in [2.05, 4.69) is 11.1 Å². The van der Waals surface area contributed by atoms with Gasteiger partial charge in [0.15, 0.2) is 0 Å². The van der Waals surface area contributed by atoms with Crippen molar-refractivity contribution in [3.63, 3.8) is 0 Å². The Morgan fingerprint density at radius 2 is 2.21 bits per heavy atom. The number of hydrogen-bond donors (Lipinski definition) is 1. The molecule has 1 amide bonds. The minimum Gasteiger partial charge on any atom is -0.330 e. The molecule has 0 saturated carbocycles. The van der Waals surface area contributed by atoms with Gasteiger partial charge >= 0.3 is 0 Å². The maximum atomic E-state index is 12.9. The smallest absolute Gasteiger partial charge is 0.273 e. The molecule has 4 rings (SSSR count). The zero-order valence-electron chi connectivity index (χ0n) is 13.1. The van der Waals surface area contributed by atoms with Crippen LogP contribution in [0, 0.1) is 0 Å². The van der Waals surface area contributed by atoms with Crippen molar-refractivity contribution in [2.75, 3.05) is 13.1 Å². The maximum Gasteiger partial charge on any atom is 0.273 e. The molecule has 0 radical (unpaired) electrons. The average Bonchev–Trinajstić information content (AvgIpc) is 3.32. The average molecular weight is 358 g/mol. The Morgan fingerprint density at radius 3 is 3.04 bits per heavy atom. The summed E-state index contributed by atoms with van der Waals surface area (Å²) in [6, 6.07) is 8.19. The zero-order valence-corrected chi connectivity index (χ0v) is 14.8. The van der Waals surface area contributed by atoms with Crippen LogP contribution in [0.2, 0.25) is 0 Å². The molecule has 2 N–H and O–H groups in total. The fourth-order valence-corrected chi connectivity index (χ4v) is 5.00. The van der Waals surface area contributed by atoms with E-state index in [-0.39, 0.29) is 11.9 Å². The minimum absolute atomic E-state index is 0.0104. The maximum absolute atomic E-state index is 12.9. The van der Waals surface area contributed by atoms with Crippen LogP contribution in [0.15, 0.2) is 29.6 Å². The first kappa shape index (κ1) is 15.7. The highest BCUT2D eigenvalue weighted by Gasteiger charge is 2.33. The van der Waals surface area contributed by atoms with Gasteiger partial charge in [0.05, 0.1) is 21.3 Å². The fourth-order valence-electron chi connectivity index (χ4n) is 3.09. The van der Waals surface area contributed by atoms with Crippen LogP contribution in [0.4, 0.5) is 0 Å². The Morgan fingerprint density at radius 1 is 1.33 bits per heavy atom. The second-order valence-corrected chi connectivity index (χ2v) is 7.85. The van der Waals surface area contributed by atoms with E-state index in [4.69, 9.17) is 10.7 Å². The van der Waals surface area contributed by atoms with Crippen molar-refractivity contribution in [2.45, 2.75) is 25.3 Å². The number of thiazole rings is 2. The Labute approximate surface area is 148 Å². The Kier molecular flexibility index (Phi) is 4.30. The van der Waals surface area contributed by atoms with Gasteiger partial charge in [-0.3, -0.25) is 4.79 Å². The number of carbonyl (C=O) groups is 1. The molecule has 1 aliphatic heterocycles. The van der Waals surface area contributed by atoms with E-state index >= 15 is 0 Å². The topological polar surface area (TPSA) is 72.1 Å². The van der Waals surface area contributed by atoms with Gasteiger partial charge in [-0.1, -0.05) is 12.1 Å². The molecule has 0 spiro atoms. The number of aromatic nitrogens is 2. The lowest BCUT2D eigenvalue weighted by molar-refractivity contribution is 0.0730. The quantitative estimate of drug-likeness (QED) is 0.777. The molecule has 1 aliphatic rings. The van der Waals surface area contributed by atoms with E-state index < -0.39 is 0 Å². The van der Waals surface area contributed by atoms with Gasteiger partial charge in [0, 0.05) is 18.3 Å². The number of carbonyl (C=O) groups excluding carboxylic acids is 1. The van der Waals surface area contributed by atoms with Crippen LogP contribution in [-0.4, -0.2) is 33.9 Å². The molecule has 0 aliphatic carbocycles. The summed E-state index contributed by atoms with van der Waals surface area (Å²) in [4.78, 5) is 24.0. The highest BCUT2D eigenvalue weighted by atomic mass is 32.1. The van der Waals surface area contributed by atoms with Crippen molar-refractivity contribution >= 4 is 38.8 Å². The number of nitrogens with zero attached hydrogens (tertiary/aromatic N) is 3. The van der Waals surface area contributed by atoms with E-state index in [1.54, 1.807) is 11.3 Å². The Balaban J connectivity index is 1.60. The summed E-state index contributed by atoms with van der Waals surface area (Å²) in [6.07, 6.45) is 2.69. The van der Waals surface area contributed by atoms with Crippen molar-refractivity contribution < 1.29 is 4.79 Å². The largest absolute Gasteiger partial charge is 0.330 e. The second kappa shape index (κ2) is 6.58. The number of para-hydroxylation sites is 1. The highest BCUT2D eigenvalue weighted by molar-refractivity contribution is 7.18. The third-order valence-corrected chi connectivity index (χ3v) is 6.28. The third kappa shape index (κ3) is 2.83. The van der Waals surface area contributed by atoms with Crippen molar-refractivity contribution in [1.29, 1.82) is 0 Å². The first-order chi connectivity index (χ1) is 11.8. The van der Waals surface area contributed by atoms with Gasteiger partial charge in [0.25, 0.3) is 5.91 Å². The summed E-state index contributed by atoms with van der Waals surface area (Å²) in [5.41, 5.74) is 7.12. The van der Waals surface area contributed by atoms with Crippen LogP contribution in [0.5, 0.6) is 0 Å². The summed E-state index contributed by atoms with van der Waals surface area (Å²) < 4.78 is 1.17. The molecule has 124 valence electrons. The van der Waals surface area contributed by atoms with Gasteiger partial charge in [-0.15, -0.1) is 22.7 Å². The molecule has 1 unspecified atom stereocenters.